The summed E-state index contributed by atoms with van der Waals surface area (Å²) in [6.45, 7) is 1.91. The van der Waals surface area contributed by atoms with E-state index in [4.69, 9.17) is 9.47 Å². The van der Waals surface area contributed by atoms with Gasteiger partial charge in [0.25, 0.3) is 0 Å². The second-order valence-electron chi connectivity index (χ2n) is 5.48. The Morgan fingerprint density at radius 2 is 1.85 bits per heavy atom. The largest absolute Gasteiger partial charge is 0.573 e. The fourth-order valence-electron chi connectivity index (χ4n) is 2.49. The molecule has 2 aromatic heterocycles. The summed E-state index contributed by atoms with van der Waals surface area (Å²) in [6, 6.07) is 4.39. The molecule has 27 heavy (non-hydrogen) atoms. The molecule has 10 heteroatoms. The van der Waals surface area contributed by atoms with Crippen molar-refractivity contribution in [3.05, 3.63) is 35.7 Å². The van der Waals surface area contributed by atoms with Gasteiger partial charge < -0.3 is 19.2 Å². The number of hydrogen-bond donors (Lipinski definition) is 1. The first kappa shape index (κ1) is 19.2. The highest BCUT2D eigenvalue weighted by Crippen LogP contribution is 2.36. The number of methoxy groups -OCH3 is 2. The van der Waals surface area contributed by atoms with Crippen molar-refractivity contribution < 1.29 is 27.4 Å². The van der Waals surface area contributed by atoms with Gasteiger partial charge in [0.15, 0.2) is 16.7 Å². The Kier molecular flexibility index (Phi) is 5.36. The van der Waals surface area contributed by atoms with Crippen molar-refractivity contribution in [3.63, 3.8) is 0 Å². The van der Waals surface area contributed by atoms with E-state index >= 15 is 0 Å². The molecule has 0 radical (unpaired) electrons. The van der Waals surface area contributed by atoms with Crippen molar-refractivity contribution in [2.75, 3.05) is 14.2 Å². The van der Waals surface area contributed by atoms with Crippen LogP contribution in [0, 0.1) is 6.92 Å². The van der Waals surface area contributed by atoms with Crippen molar-refractivity contribution in [3.8, 4) is 17.2 Å². The van der Waals surface area contributed by atoms with Gasteiger partial charge in [-0.1, -0.05) is 11.8 Å². The normalized spacial score (nSPS) is 11.6. The number of ether oxygens (including phenoxy) is 3. The predicted molar refractivity (Wildman–Crippen MR) is 94.4 cm³/mol. The molecule has 0 aliphatic rings. The van der Waals surface area contributed by atoms with Gasteiger partial charge in [-0.3, -0.25) is 4.98 Å². The number of hydrogen-bond acceptors (Lipinski definition) is 6. The lowest BCUT2D eigenvalue weighted by Gasteiger charge is -2.12. The quantitative estimate of drug-likeness (QED) is 0.617. The number of rotatable bonds is 6. The van der Waals surface area contributed by atoms with Gasteiger partial charge in [-0.15, -0.1) is 13.2 Å². The number of benzene rings is 1. The molecule has 2 heterocycles. The highest BCUT2D eigenvalue weighted by Gasteiger charge is 2.32. The van der Waals surface area contributed by atoms with E-state index in [0.29, 0.717) is 21.9 Å². The van der Waals surface area contributed by atoms with Gasteiger partial charge >= 0.3 is 6.36 Å². The molecule has 0 atom stereocenters. The number of pyridine rings is 1. The summed E-state index contributed by atoms with van der Waals surface area (Å²) in [5.74, 6) is 0.784. The molecule has 0 amide bonds. The van der Waals surface area contributed by atoms with Crippen LogP contribution in [-0.2, 0) is 5.75 Å². The fraction of sp³-hybridized carbons (Fsp3) is 0.294. The van der Waals surface area contributed by atoms with Crippen LogP contribution in [-0.4, -0.2) is 35.5 Å². The molecular formula is C17H16F3N3O3S. The van der Waals surface area contributed by atoms with Crippen molar-refractivity contribution in [1.82, 2.24) is 15.0 Å². The zero-order valence-corrected chi connectivity index (χ0v) is 15.5. The minimum atomic E-state index is -4.81. The molecule has 0 saturated heterocycles. The Morgan fingerprint density at radius 1 is 1.11 bits per heavy atom. The SMILES string of the molecule is COc1cc2nc(SCc3nccc(OC)c3C)[nH]c2cc1OC(F)(F)F. The van der Waals surface area contributed by atoms with Crippen LogP contribution in [0.25, 0.3) is 11.0 Å². The number of alkyl halides is 3. The molecule has 3 aromatic rings. The lowest BCUT2D eigenvalue weighted by atomic mass is 10.2. The zero-order valence-electron chi connectivity index (χ0n) is 14.7. The number of imidazole rings is 1. The van der Waals surface area contributed by atoms with E-state index in [1.165, 1.54) is 31.0 Å². The highest BCUT2D eigenvalue weighted by atomic mass is 32.2. The smallest absolute Gasteiger partial charge is 0.496 e. The Hall–Kier alpha value is -2.62. The van der Waals surface area contributed by atoms with Crippen molar-refractivity contribution >= 4 is 22.8 Å². The monoisotopic (exact) mass is 399 g/mol. The summed E-state index contributed by atoms with van der Waals surface area (Å²) in [6.07, 6.45) is -3.15. The van der Waals surface area contributed by atoms with E-state index in [1.54, 1.807) is 19.4 Å². The number of fused-ring (bicyclic) bond motifs is 1. The Bertz CT molecular complexity index is 960. The van der Waals surface area contributed by atoms with Gasteiger partial charge in [0.1, 0.15) is 5.75 Å². The Morgan fingerprint density at radius 3 is 2.52 bits per heavy atom. The maximum absolute atomic E-state index is 12.5. The Balaban J connectivity index is 1.84. The van der Waals surface area contributed by atoms with Gasteiger partial charge in [-0.2, -0.15) is 0 Å². The highest BCUT2D eigenvalue weighted by molar-refractivity contribution is 7.98. The lowest BCUT2D eigenvalue weighted by molar-refractivity contribution is -0.275. The van der Waals surface area contributed by atoms with Crippen LogP contribution < -0.4 is 14.2 Å². The van der Waals surface area contributed by atoms with Crippen molar-refractivity contribution in [1.29, 1.82) is 0 Å². The van der Waals surface area contributed by atoms with Crippen LogP contribution in [0.1, 0.15) is 11.3 Å². The third-order valence-corrected chi connectivity index (χ3v) is 4.68. The zero-order chi connectivity index (χ0) is 19.6. The van der Waals surface area contributed by atoms with Gasteiger partial charge in [0.05, 0.1) is 30.9 Å². The van der Waals surface area contributed by atoms with Crippen LogP contribution >= 0.6 is 11.8 Å². The number of aromatic nitrogens is 3. The summed E-state index contributed by atoms with van der Waals surface area (Å²) in [5, 5.41) is 0.542. The third kappa shape index (κ3) is 4.38. The maximum atomic E-state index is 12.5. The van der Waals surface area contributed by atoms with E-state index in [1.807, 2.05) is 6.92 Å². The van der Waals surface area contributed by atoms with Crippen LogP contribution in [0.15, 0.2) is 29.6 Å². The molecule has 0 fully saturated rings. The molecule has 3 rings (SSSR count). The maximum Gasteiger partial charge on any atom is 0.573 e. The van der Waals surface area contributed by atoms with Crippen LogP contribution in [0.5, 0.6) is 17.2 Å². The predicted octanol–water partition coefficient (Wildman–Crippen LogP) is 4.47. The van der Waals surface area contributed by atoms with Gasteiger partial charge in [-0.05, 0) is 13.0 Å². The van der Waals surface area contributed by atoms with E-state index in [0.717, 1.165) is 17.0 Å². The summed E-state index contributed by atoms with van der Waals surface area (Å²) >= 11 is 1.38. The average Bonchev–Trinajstić information content (AvgIpc) is 3.00. The summed E-state index contributed by atoms with van der Waals surface area (Å²) in [4.78, 5) is 11.7. The number of aromatic amines is 1. The van der Waals surface area contributed by atoms with Crippen molar-refractivity contribution in [2.45, 2.75) is 24.2 Å². The first-order chi connectivity index (χ1) is 12.8. The summed E-state index contributed by atoms with van der Waals surface area (Å²) < 4.78 is 51.9. The molecular weight excluding hydrogens is 383 g/mol. The minimum Gasteiger partial charge on any atom is -0.496 e. The standard InChI is InChI=1S/C17H16F3N3O3S/c1-9-12(21-5-4-13(9)24-2)8-27-16-22-10-6-14(25-3)15(7-11(10)23-16)26-17(18,19)20/h4-7H,8H2,1-3H3,(H,22,23). The third-order valence-electron chi connectivity index (χ3n) is 3.80. The average molecular weight is 399 g/mol. The molecule has 6 nitrogen and oxygen atoms in total. The van der Waals surface area contributed by atoms with Crippen LogP contribution in [0.2, 0.25) is 0 Å². The molecule has 0 spiro atoms. The minimum absolute atomic E-state index is 0.0480. The second kappa shape index (κ2) is 7.55. The number of halogens is 3. The molecule has 0 unspecified atom stereocenters. The second-order valence-corrected chi connectivity index (χ2v) is 6.45. The molecule has 1 N–H and O–H groups in total. The fourth-order valence-corrected chi connectivity index (χ4v) is 3.40. The van der Waals surface area contributed by atoms with E-state index in [9.17, 15) is 13.2 Å². The number of thioether (sulfide) groups is 1. The molecule has 1 aromatic carbocycles. The lowest BCUT2D eigenvalue weighted by Crippen LogP contribution is -2.17. The van der Waals surface area contributed by atoms with Crippen molar-refractivity contribution in [2.24, 2.45) is 0 Å². The van der Waals surface area contributed by atoms with Crippen LogP contribution in [0.4, 0.5) is 13.2 Å². The molecule has 0 aliphatic carbocycles. The van der Waals surface area contributed by atoms with Crippen LogP contribution in [0.3, 0.4) is 0 Å². The van der Waals surface area contributed by atoms with E-state index in [-0.39, 0.29) is 5.75 Å². The van der Waals surface area contributed by atoms with Gasteiger partial charge in [0, 0.05) is 29.6 Å². The number of H-pyrrole nitrogens is 1. The summed E-state index contributed by atoms with van der Waals surface area (Å²) in [5.41, 5.74) is 2.64. The van der Waals surface area contributed by atoms with E-state index in [2.05, 4.69) is 19.7 Å². The molecule has 0 saturated carbocycles. The van der Waals surface area contributed by atoms with E-state index < -0.39 is 12.1 Å². The molecule has 144 valence electrons. The molecule has 0 aliphatic heterocycles. The number of nitrogens with one attached hydrogen (secondary N) is 1. The topological polar surface area (TPSA) is 69.3 Å². The van der Waals surface area contributed by atoms with Gasteiger partial charge in [-0.25, -0.2) is 4.98 Å². The Labute approximate surface area is 157 Å². The summed E-state index contributed by atoms with van der Waals surface area (Å²) in [7, 11) is 2.86. The first-order valence-electron chi connectivity index (χ1n) is 7.75. The number of nitrogens with zero attached hydrogens (tertiary/aromatic N) is 2. The first-order valence-corrected chi connectivity index (χ1v) is 8.74. The molecule has 0 bridgehead atoms. The van der Waals surface area contributed by atoms with Gasteiger partial charge in [0.2, 0.25) is 0 Å².